The fourth-order valence-corrected chi connectivity index (χ4v) is 2.26. The monoisotopic (exact) mass is 252 g/mol. The van der Waals surface area contributed by atoms with Crippen molar-refractivity contribution in [2.24, 2.45) is 0 Å². The predicted octanol–water partition coefficient (Wildman–Crippen LogP) is 3.70. The van der Waals surface area contributed by atoms with E-state index in [0.29, 0.717) is 0 Å². The average molecular weight is 252 g/mol. The lowest BCUT2D eigenvalue weighted by Gasteiger charge is -2.21. The van der Waals surface area contributed by atoms with Crippen molar-refractivity contribution in [3.05, 3.63) is 24.3 Å². The number of anilines is 2. The molecule has 0 atom stereocenters. The first-order chi connectivity index (χ1) is 8.31. The van der Waals surface area contributed by atoms with Gasteiger partial charge >= 0.3 is 0 Å². The molecule has 3 heteroatoms. The molecule has 0 heterocycles. The number of nitrogens with zero attached hydrogens (tertiary/aromatic N) is 1. The first-order valence-corrected chi connectivity index (χ1v) is 7.79. The highest BCUT2D eigenvalue weighted by Crippen LogP contribution is 2.17. The predicted molar refractivity (Wildman–Crippen MR) is 81.5 cm³/mol. The zero-order valence-electron chi connectivity index (χ0n) is 11.2. The molecule has 0 aliphatic heterocycles. The maximum absolute atomic E-state index is 3.45. The van der Waals surface area contributed by atoms with Crippen LogP contribution in [0.15, 0.2) is 24.3 Å². The van der Waals surface area contributed by atoms with Gasteiger partial charge in [-0.05, 0) is 56.5 Å². The Morgan fingerprint density at radius 3 is 2.29 bits per heavy atom. The summed E-state index contributed by atoms with van der Waals surface area (Å²) in [5.41, 5.74) is 2.53. The van der Waals surface area contributed by atoms with Crippen molar-refractivity contribution in [2.45, 2.75) is 20.3 Å². The second-order valence-corrected chi connectivity index (χ2v) is 4.98. The van der Waals surface area contributed by atoms with Gasteiger partial charge < -0.3 is 10.2 Å². The molecule has 0 aromatic heterocycles. The van der Waals surface area contributed by atoms with Crippen LogP contribution in [0.5, 0.6) is 0 Å². The maximum atomic E-state index is 3.45. The van der Waals surface area contributed by atoms with E-state index in [4.69, 9.17) is 0 Å². The van der Waals surface area contributed by atoms with Crippen LogP contribution in [0, 0.1) is 0 Å². The van der Waals surface area contributed by atoms with Crippen LogP contribution in [0.25, 0.3) is 0 Å². The lowest BCUT2D eigenvalue weighted by molar-refractivity contribution is 0.866. The Bertz CT molecular complexity index is 294. The quantitative estimate of drug-likeness (QED) is 0.710. The zero-order chi connectivity index (χ0) is 12.5. The molecule has 1 aromatic rings. The van der Waals surface area contributed by atoms with Crippen molar-refractivity contribution < 1.29 is 0 Å². The fourth-order valence-electron chi connectivity index (χ4n) is 1.83. The zero-order valence-corrected chi connectivity index (χ0v) is 12.0. The molecule has 0 saturated heterocycles. The van der Waals surface area contributed by atoms with Crippen LogP contribution in [-0.4, -0.2) is 31.6 Å². The Balaban J connectivity index is 2.44. The molecule has 0 saturated carbocycles. The molecule has 0 spiro atoms. The topological polar surface area (TPSA) is 15.3 Å². The van der Waals surface area contributed by atoms with Gasteiger partial charge in [0.2, 0.25) is 0 Å². The van der Waals surface area contributed by atoms with Gasteiger partial charge in [-0.1, -0.05) is 0 Å². The summed E-state index contributed by atoms with van der Waals surface area (Å²) in [7, 11) is 0. The van der Waals surface area contributed by atoms with E-state index in [1.165, 1.54) is 23.5 Å². The van der Waals surface area contributed by atoms with E-state index in [1.54, 1.807) is 0 Å². The number of benzene rings is 1. The molecular weight excluding hydrogens is 228 g/mol. The summed E-state index contributed by atoms with van der Waals surface area (Å²) in [6.07, 6.45) is 3.37. The van der Waals surface area contributed by atoms with Crippen molar-refractivity contribution >= 4 is 23.1 Å². The van der Waals surface area contributed by atoms with Crippen LogP contribution in [-0.2, 0) is 0 Å². The number of nitrogens with one attached hydrogen (secondary N) is 1. The van der Waals surface area contributed by atoms with Gasteiger partial charge in [0.15, 0.2) is 0 Å². The van der Waals surface area contributed by atoms with Gasteiger partial charge in [0.1, 0.15) is 0 Å². The largest absolute Gasteiger partial charge is 0.385 e. The van der Waals surface area contributed by atoms with Crippen molar-refractivity contribution in [3.8, 4) is 0 Å². The minimum absolute atomic E-state index is 1.06. The van der Waals surface area contributed by atoms with Crippen molar-refractivity contribution in [1.29, 1.82) is 0 Å². The van der Waals surface area contributed by atoms with Gasteiger partial charge in [0, 0.05) is 31.0 Å². The van der Waals surface area contributed by atoms with Gasteiger partial charge in [0.05, 0.1) is 0 Å². The number of hydrogen-bond acceptors (Lipinski definition) is 3. The number of rotatable bonds is 8. The lowest BCUT2D eigenvalue weighted by atomic mass is 10.2. The highest BCUT2D eigenvalue weighted by molar-refractivity contribution is 7.98. The smallest absolute Gasteiger partial charge is 0.0367 e. The lowest BCUT2D eigenvalue weighted by Crippen LogP contribution is -2.21. The van der Waals surface area contributed by atoms with Crippen LogP contribution in [0.2, 0.25) is 0 Å². The Morgan fingerprint density at radius 2 is 1.76 bits per heavy atom. The van der Waals surface area contributed by atoms with Gasteiger partial charge in [-0.2, -0.15) is 11.8 Å². The summed E-state index contributed by atoms with van der Waals surface area (Å²) in [6.45, 7) is 7.58. The summed E-state index contributed by atoms with van der Waals surface area (Å²) in [5, 5.41) is 3.45. The minimum atomic E-state index is 1.06. The van der Waals surface area contributed by atoms with E-state index in [-0.39, 0.29) is 0 Å². The molecular formula is C14H24N2S. The van der Waals surface area contributed by atoms with E-state index >= 15 is 0 Å². The highest BCUT2D eigenvalue weighted by Gasteiger charge is 2.00. The molecule has 1 N–H and O–H groups in total. The number of thioether (sulfide) groups is 1. The van der Waals surface area contributed by atoms with Gasteiger partial charge in [-0.15, -0.1) is 0 Å². The van der Waals surface area contributed by atoms with Crippen molar-refractivity contribution in [3.63, 3.8) is 0 Å². The Hall–Kier alpha value is -0.830. The summed E-state index contributed by atoms with van der Waals surface area (Å²) < 4.78 is 0. The average Bonchev–Trinajstić information content (AvgIpc) is 2.38. The Labute approximate surface area is 110 Å². The summed E-state index contributed by atoms with van der Waals surface area (Å²) in [6, 6.07) is 8.74. The van der Waals surface area contributed by atoms with Crippen LogP contribution in [0.4, 0.5) is 11.4 Å². The Morgan fingerprint density at radius 1 is 1.12 bits per heavy atom. The van der Waals surface area contributed by atoms with E-state index < -0.39 is 0 Å². The van der Waals surface area contributed by atoms with Crippen molar-refractivity contribution in [1.82, 2.24) is 0 Å². The summed E-state index contributed by atoms with van der Waals surface area (Å²) in [5.74, 6) is 1.23. The molecule has 0 unspecified atom stereocenters. The Kier molecular flexibility index (Phi) is 6.94. The molecule has 0 radical (unpaired) electrons. The maximum Gasteiger partial charge on any atom is 0.0367 e. The minimum Gasteiger partial charge on any atom is -0.385 e. The third-order valence-electron chi connectivity index (χ3n) is 2.85. The van der Waals surface area contributed by atoms with Crippen LogP contribution < -0.4 is 10.2 Å². The van der Waals surface area contributed by atoms with E-state index in [0.717, 1.165) is 19.6 Å². The summed E-state index contributed by atoms with van der Waals surface area (Å²) >= 11 is 1.90. The van der Waals surface area contributed by atoms with Crippen molar-refractivity contribution in [2.75, 3.05) is 41.9 Å². The molecule has 17 heavy (non-hydrogen) atoms. The summed E-state index contributed by atoms with van der Waals surface area (Å²) in [4.78, 5) is 2.36. The molecule has 2 nitrogen and oxygen atoms in total. The van der Waals surface area contributed by atoms with Gasteiger partial charge in [-0.3, -0.25) is 0 Å². The molecule has 1 rings (SSSR count). The number of hydrogen-bond donors (Lipinski definition) is 1. The van der Waals surface area contributed by atoms with E-state index in [2.05, 4.69) is 54.6 Å². The fraction of sp³-hybridized carbons (Fsp3) is 0.571. The first-order valence-electron chi connectivity index (χ1n) is 6.39. The van der Waals surface area contributed by atoms with Crippen LogP contribution in [0.1, 0.15) is 20.3 Å². The third-order valence-corrected chi connectivity index (χ3v) is 3.55. The molecule has 0 amide bonds. The van der Waals surface area contributed by atoms with Crippen LogP contribution >= 0.6 is 11.8 Å². The second kappa shape index (κ2) is 8.29. The molecule has 0 aliphatic carbocycles. The molecule has 0 fully saturated rings. The van der Waals surface area contributed by atoms with Gasteiger partial charge in [0.25, 0.3) is 0 Å². The van der Waals surface area contributed by atoms with Crippen LogP contribution in [0.3, 0.4) is 0 Å². The highest BCUT2D eigenvalue weighted by atomic mass is 32.2. The van der Waals surface area contributed by atoms with E-state index in [1.807, 2.05) is 11.8 Å². The second-order valence-electron chi connectivity index (χ2n) is 3.99. The van der Waals surface area contributed by atoms with Gasteiger partial charge in [-0.25, -0.2) is 0 Å². The normalized spacial score (nSPS) is 10.3. The van der Waals surface area contributed by atoms with E-state index in [9.17, 15) is 0 Å². The molecule has 0 bridgehead atoms. The third kappa shape index (κ3) is 4.90. The standard InChI is InChI=1S/C14H24N2S/c1-4-16(5-2)14-9-7-13(8-10-14)15-11-6-12-17-3/h7-10,15H,4-6,11-12H2,1-3H3. The molecule has 1 aromatic carbocycles. The molecule has 0 aliphatic rings. The first kappa shape index (κ1) is 14.2. The SMILES string of the molecule is CCN(CC)c1ccc(NCCCSC)cc1. The molecule has 96 valence electrons.